The SMILES string of the molecule is O=[N+]([O-])c1ccc(-c2ncn(CC(O)COc3cccc4ccccc34)n2)cc1. The van der Waals surface area contributed by atoms with E-state index in [1.165, 1.54) is 23.1 Å². The van der Waals surface area contributed by atoms with Crippen LogP contribution < -0.4 is 4.74 Å². The van der Waals surface area contributed by atoms with E-state index in [2.05, 4.69) is 10.1 Å². The Morgan fingerprint density at radius 2 is 1.83 bits per heavy atom. The number of ether oxygens (including phenoxy) is 1. The van der Waals surface area contributed by atoms with Gasteiger partial charge in [0.2, 0.25) is 0 Å². The van der Waals surface area contributed by atoms with Crippen LogP contribution >= 0.6 is 0 Å². The molecule has 4 aromatic rings. The summed E-state index contributed by atoms with van der Waals surface area (Å²) in [6.45, 7) is 0.325. The number of aromatic nitrogens is 3. The summed E-state index contributed by atoms with van der Waals surface area (Å²) in [5, 5.41) is 27.4. The lowest BCUT2D eigenvalue weighted by molar-refractivity contribution is -0.384. The second kappa shape index (κ2) is 8.07. The Labute approximate surface area is 166 Å². The fourth-order valence-corrected chi connectivity index (χ4v) is 3.02. The van der Waals surface area contributed by atoms with Crippen LogP contribution in [0.2, 0.25) is 0 Å². The number of aliphatic hydroxyl groups excluding tert-OH is 1. The number of nitro benzene ring substituents is 1. The molecule has 8 heteroatoms. The van der Waals surface area contributed by atoms with Crippen molar-refractivity contribution in [2.75, 3.05) is 6.61 Å². The van der Waals surface area contributed by atoms with E-state index in [0.717, 1.165) is 10.8 Å². The lowest BCUT2D eigenvalue weighted by Crippen LogP contribution is -2.24. The van der Waals surface area contributed by atoms with Gasteiger partial charge in [-0.15, -0.1) is 0 Å². The Morgan fingerprint density at radius 3 is 2.62 bits per heavy atom. The van der Waals surface area contributed by atoms with Crippen LogP contribution in [0.4, 0.5) is 5.69 Å². The minimum atomic E-state index is -0.777. The highest BCUT2D eigenvalue weighted by molar-refractivity contribution is 5.88. The third kappa shape index (κ3) is 4.22. The number of non-ortho nitro benzene ring substituents is 1. The van der Waals surface area contributed by atoms with Crippen LogP contribution in [0.15, 0.2) is 73.1 Å². The number of hydrogen-bond acceptors (Lipinski definition) is 6. The molecule has 0 aliphatic rings. The fraction of sp³-hybridized carbons (Fsp3) is 0.143. The first-order chi connectivity index (χ1) is 14.1. The maximum Gasteiger partial charge on any atom is 0.269 e. The van der Waals surface area contributed by atoms with E-state index >= 15 is 0 Å². The van der Waals surface area contributed by atoms with Gasteiger partial charge in [0.25, 0.3) is 5.69 Å². The Balaban J connectivity index is 1.39. The van der Waals surface area contributed by atoms with Crippen LogP contribution in [0, 0.1) is 10.1 Å². The standard InChI is InChI=1S/C21H18N4O4/c26-18(13-29-20-7-3-5-15-4-1-2-6-19(15)20)12-24-14-22-21(23-24)16-8-10-17(11-9-16)25(27)28/h1-11,14,18,26H,12-13H2. The van der Waals surface area contributed by atoms with Crippen molar-refractivity contribution in [3.8, 4) is 17.1 Å². The van der Waals surface area contributed by atoms with Crippen molar-refractivity contribution in [2.45, 2.75) is 12.6 Å². The van der Waals surface area contributed by atoms with Crippen molar-refractivity contribution in [2.24, 2.45) is 0 Å². The van der Waals surface area contributed by atoms with E-state index in [4.69, 9.17) is 4.74 Å². The lowest BCUT2D eigenvalue weighted by atomic mass is 10.1. The Morgan fingerprint density at radius 1 is 1.07 bits per heavy atom. The number of aliphatic hydroxyl groups is 1. The molecule has 0 aliphatic carbocycles. The number of fused-ring (bicyclic) bond motifs is 1. The van der Waals surface area contributed by atoms with E-state index in [1.54, 1.807) is 12.1 Å². The fourth-order valence-electron chi connectivity index (χ4n) is 3.02. The Kier molecular flexibility index (Phi) is 5.17. The predicted octanol–water partition coefficient (Wildman–Crippen LogP) is 3.45. The van der Waals surface area contributed by atoms with Crippen molar-refractivity contribution in [3.63, 3.8) is 0 Å². The first-order valence-electron chi connectivity index (χ1n) is 9.03. The summed E-state index contributed by atoms with van der Waals surface area (Å²) in [6.07, 6.45) is 0.734. The molecule has 0 saturated heterocycles. The minimum Gasteiger partial charge on any atom is -0.490 e. The largest absolute Gasteiger partial charge is 0.490 e. The molecule has 0 aliphatic heterocycles. The third-order valence-electron chi connectivity index (χ3n) is 4.45. The number of rotatable bonds is 7. The molecule has 0 bridgehead atoms. The molecule has 8 nitrogen and oxygen atoms in total. The van der Waals surface area contributed by atoms with Gasteiger partial charge in [-0.25, -0.2) is 9.67 Å². The molecular formula is C21H18N4O4. The van der Waals surface area contributed by atoms with Gasteiger partial charge in [-0.2, -0.15) is 5.10 Å². The van der Waals surface area contributed by atoms with E-state index in [9.17, 15) is 15.2 Å². The molecule has 0 saturated carbocycles. The van der Waals surface area contributed by atoms with Gasteiger partial charge < -0.3 is 9.84 Å². The van der Waals surface area contributed by atoms with Crippen LogP contribution in [0.3, 0.4) is 0 Å². The zero-order chi connectivity index (χ0) is 20.2. The second-order valence-corrected chi connectivity index (χ2v) is 6.54. The third-order valence-corrected chi connectivity index (χ3v) is 4.45. The Bertz CT molecular complexity index is 1140. The average Bonchev–Trinajstić information content (AvgIpc) is 3.20. The van der Waals surface area contributed by atoms with Gasteiger partial charge in [0.15, 0.2) is 5.82 Å². The summed E-state index contributed by atoms with van der Waals surface area (Å²) in [7, 11) is 0. The van der Waals surface area contributed by atoms with Crippen LogP contribution in [0.1, 0.15) is 0 Å². The molecule has 0 fully saturated rings. The lowest BCUT2D eigenvalue weighted by Gasteiger charge is -2.13. The molecular weight excluding hydrogens is 372 g/mol. The number of hydrogen-bond donors (Lipinski definition) is 1. The summed E-state index contributed by atoms with van der Waals surface area (Å²) in [4.78, 5) is 14.5. The Hall–Kier alpha value is -3.78. The maximum atomic E-state index is 10.7. The molecule has 1 heterocycles. The van der Waals surface area contributed by atoms with E-state index in [1.807, 2.05) is 42.5 Å². The van der Waals surface area contributed by atoms with Crippen LogP contribution in [0.25, 0.3) is 22.2 Å². The molecule has 1 aromatic heterocycles. The quantitative estimate of drug-likeness (QED) is 0.383. The highest BCUT2D eigenvalue weighted by Crippen LogP contribution is 2.25. The van der Waals surface area contributed by atoms with Gasteiger partial charge in [0.05, 0.1) is 11.5 Å². The first-order valence-corrected chi connectivity index (χ1v) is 9.03. The molecule has 1 atom stereocenters. The number of benzene rings is 3. The zero-order valence-electron chi connectivity index (χ0n) is 15.4. The van der Waals surface area contributed by atoms with Crippen molar-refractivity contribution in [1.29, 1.82) is 0 Å². The predicted molar refractivity (Wildman–Crippen MR) is 108 cm³/mol. The minimum absolute atomic E-state index is 0.00851. The second-order valence-electron chi connectivity index (χ2n) is 6.54. The molecule has 3 aromatic carbocycles. The van der Waals surface area contributed by atoms with Crippen LogP contribution in [-0.4, -0.2) is 37.5 Å². The van der Waals surface area contributed by atoms with Crippen molar-refractivity contribution in [1.82, 2.24) is 14.8 Å². The average molecular weight is 390 g/mol. The van der Waals surface area contributed by atoms with E-state index in [0.29, 0.717) is 17.1 Å². The summed E-state index contributed by atoms with van der Waals surface area (Å²) < 4.78 is 7.33. The molecule has 4 rings (SSSR count). The van der Waals surface area contributed by atoms with Crippen molar-refractivity contribution >= 4 is 16.5 Å². The van der Waals surface area contributed by atoms with Crippen molar-refractivity contribution in [3.05, 3.63) is 83.2 Å². The monoisotopic (exact) mass is 390 g/mol. The molecule has 146 valence electrons. The van der Waals surface area contributed by atoms with Gasteiger partial charge in [0, 0.05) is 23.1 Å². The molecule has 0 spiro atoms. The van der Waals surface area contributed by atoms with Crippen LogP contribution in [0.5, 0.6) is 5.75 Å². The smallest absolute Gasteiger partial charge is 0.269 e. The molecule has 1 unspecified atom stereocenters. The van der Waals surface area contributed by atoms with Crippen LogP contribution in [-0.2, 0) is 6.54 Å². The highest BCUT2D eigenvalue weighted by Gasteiger charge is 2.12. The summed E-state index contributed by atoms with van der Waals surface area (Å²) in [6, 6.07) is 19.7. The van der Waals surface area contributed by atoms with Gasteiger partial charge in [-0.1, -0.05) is 36.4 Å². The number of nitrogens with zero attached hydrogens (tertiary/aromatic N) is 4. The zero-order valence-corrected chi connectivity index (χ0v) is 15.4. The van der Waals surface area contributed by atoms with E-state index in [-0.39, 0.29) is 18.8 Å². The molecule has 0 radical (unpaired) electrons. The first kappa shape index (κ1) is 18.6. The van der Waals surface area contributed by atoms with E-state index < -0.39 is 11.0 Å². The molecule has 0 amide bonds. The van der Waals surface area contributed by atoms with Gasteiger partial charge >= 0.3 is 0 Å². The summed E-state index contributed by atoms with van der Waals surface area (Å²) >= 11 is 0. The number of nitro groups is 1. The molecule has 29 heavy (non-hydrogen) atoms. The van der Waals surface area contributed by atoms with Gasteiger partial charge in [-0.05, 0) is 23.6 Å². The normalized spacial score (nSPS) is 12.0. The van der Waals surface area contributed by atoms with Crippen molar-refractivity contribution < 1.29 is 14.8 Å². The topological polar surface area (TPSA) is 103 Å². The summed E-state index contributed by atoms with van der Waals surface area (Å²) in [5.41, 5.74) is 0.671. The summed E-state index contributed by atoms with van der Waals surface area (Å²) in [5.74, 6) is 1.15. The maximum absolute atomic E-state index is 10.7. The highest BCUT2D eigenvalue weighted by atomic mass is 16.6. The van der Waals surface area contributed by atoms with Gasteiger partial charge in [-0.3, -0.25) is 10.1 Å². The van der Waals surface area contributed by atoms with Gasteiger partial charge in [0.1, 0.15) is 24.8 Å². The molecule has 1 N–H and O–H groups in total.